The van der Waals surface area contributed by atoms with Gasteiger partial charge < -0.3 is 24.0 Å². The van der Waals surface area contributed by atoms with Crippen molar-refractivity contribution >= 4 is 22.7 Å². The van der Waals surface area contributed by atoms with Crippen molar-refractivity contribution < 1.29 is 14.2 Å². The summed E-state index contributed by atoms with van der Waals surface area (Å²) in [6, 6.07) is 19.5. The highest BCUT2D eigenvalue weighted by molar-refractivity contribution is 5.99. The van der Waals surface area contributed by atoms with E-state index in [1.165, 1.54) is 38.9 Å². The van der Waals surface area contributed by atoms with Crippen LogP contribution in [0.4, 0.5) is 22.7 Å². The summed E-state index contributed by atoms with van der Waals surface area (Å²) in [6.07, 6.45) is 0. The van der Waals surface area contributed by atoms with E-state index in [-0.39, 0.29) is 0 Å². The zero-order valence-corrected chi connectivity index (χ0v) is 23.8. The van der Waals surface area contributed by atoms with Crippen LogP contribution >= 0.6 is 0 Å². The fourth-order valence-corrected chi connectivity index (χ4v) is 5.96. The highest BCUT2D eigenvalue weighted by Crippen LogP contribution is 2.53. The molecule has 4 aromatic rings. The first kappa shape index (κ1) is 25.5. The minimum atomic E-state index is 0.842. The van der Waals surface area contributed by atoms with Crippen LogP contribution in [0.2, 0.25) is 0 Å². The van der Waals surface area contributed by atoms with Gasteiger partial charge in [0.25, 0.3) is 0 Å². The summed E-state index contributed by atoms with van der Waals surface area (Å²) in [4.78, 5) is 4.51. The fraction of sp³-hybridized carbons (Fsp3) is 0.273. The van der Waals surface area contributed by atoms with Crippen molar-refractivity contribution in [2.24, 2.45) is 0 Å². The van der Waals surface area contributed by atoms with E-state index in [4.69, 9.17) is 14.2 Å². The Bertz CT molecular complexity index is 1510. The lowest BCUT2D eigenvalue weighted by Gasteiger charge is -2.38. The predicted octanol–water partition coefficient (Wildman–Crippen LogP) is 8.13. The monoisotopic (exact) mass is 508 g/mol. The summed E-state index contributed by atoms with van der Waals surface area (Å²) in [5, 5.41) is 0. The van der Waals surface area contributed by atoms with Crippen LogP contribution in [0.25, 0.3) is 22.3 Å². The van der Waals surface area contributed by atoms with Gasteiger partial charge in [0.2, 0.25) is 0 Å². The van der Waals surface area contributed by atoms with E-state index in [0.29, 0.717) is 0 Å². The van der Waals surface area contributed by atoms with Gasteiger partial charge >= 0.3 is 0 Å². The maximum atomic E-state index is 6.00. The molecule has 0 N–H and O–H groups in total. The topological polar surface area (TPSA) is 34.2 Å². The lowest BCUT2D eigenvalue weighted by atomic mass is 9.92. The van der Waals surface area contributed by atoms with Crippen molar-refractivity contribution in [1.29, 1.82) is 0 Å². The van der Waals surface area contributed by atoms with Gasteiger partial charge in [-0.3, -0.25) is 0 Å². The van der Waals surface area contributed by atoms with Gasteiger partial charge in [-0.25, -0.2) is 0 Å². The third-order valence-corrected chi connectivity index (χ3v) is 7.73. The normalized spacial score (nSPS) is 12.2. The molecule has 38 heavy (non-hydrogen) atoms. The van der Waals surface area contributed by atoms with Crippen molar-refractivity contribution in [3.05, 3.63) is 76.9 Å². The molecule has 0 aromatic heterocycles. The third-order valence-electron chi connectivity index (χ3n) is 7.73. The van der Waals surface area contributed by atoms with Crippen LogP contribution in [0.5, 0.6) is 17.2 Å². The van der Waals surface area contributed by atoms with Gasteiger partial charge in [0, 0.05) is 14.1 Å². The first-order valence-electron chi connectivity index (χ1n) is 12.8. The minimum Gasteiger partial charge on any atom is -0.497 e. The Labute approximate surface area is 226 Å². The van der Waals surface area contributed by atoms with Gasteiger partial charge in [0.05, 0.1) is 38.4 Å². The van der Waals surface area contributed by atoms with Crippen molar-refractivity contribution in [3.8, 4) is 39.5 Å². The Morgan fingerprint density at radius 3 is 1.50 bits per heavy atom. The summed E-state index contributed by atoms with van der Waals surface area (Å²) in [7, 11) is 9.42. The molecule has 1 heterocycles. The summed E-state index contributed by atoms with van der Waals surface area (Å²) >= 11 is 0. The van der Waals surface area contributed by atoms with Crippen LogP contribution in [-0.4, -0.2) is 35.4 Å². The molecule has 0 bridgehead atoms. The molecule has 0 atom stereocenters. The molecule has 0 spiro atoms. The number of ether oxygens (including phenoxy) is 3. The first-order valence-corrected chi connectivity index (χ1v) is 12.8. The molecule has 0 saturated heterocycles. The SMILES string of the molecule is COc1cc(C)c(-c2ccc3c(c2)N(C)c2c(OC)cc(-c4c(C)cc(OC)cc4C)cc2N3C)c(C)c1. The number of fused-ring (bicyclic) bond motifs is 2. The van der Waals surface area contributed by atoms with Crippen LogP contribution in [-0.2, 0) is 0 Å². The zero-order chi connectivity index (χ0) is 27.3. The van der Waals surface area contributed by atoms with Gasteiger partial charge in [0.15, 0.2) is 0 Å². The smallest absolute Gasteiger partial charge is 0.145 e. The quantitative estimate of drug-likeness (QED) is 0.272. The average molecular weight is 509 g/mol. The van der Waals surface area contributed by atoms with Crippen LogP contribution in [0, 0.1) is 27.7 Å². The van der Waals surface area contributed by atoms with Gasteiger partial charge in [-0.2, -0.15) is 0 Å². The molecule has 0 saturated carbocycles. The molecule has 5 heteroatoms. The van der Waals surface area contributed by atoms with E-state index >= 15 is 0 Å². The molecular weight excluding hydrogens is 472 g/mol. The van der Waals surface area contributed by atoms with Gasteiger partial charge in [-0.05, 0) is 121 Å². The molecule has 196 valence electrons. The Morgan fingerprint density at radius 2 is 1.00 bits per heavy atom. The van der Waals surface area contributed by atoms with Crippen LogP contribution in [0.1, 0.15) is 22.3 Å². The van der Waals surface area contributed by atoms with Crippen molar-refractivity contribution in [3.63, 3.8) is 0 Å². The van der Waals surface area contributed by atoms with Crippen molar-refractivity contribution in [2.75, 3.05) is 45.2 Å². The maximum absolute atomic E-state index is 6.00. The number of nitrogens with zero attached hydrogens (tertiary/aromatic N) is 2. The lowest BCUT2D eigenvalue weighted by Crippen LogP contribution is -2.25. The second kappa shape index (κ2) is 9.64. The number of hydrogen-bond donors (Lipinski definition) is 0. The summed E-state index contributed by atoms with van der Waals surface area (Å²) in [5.74, 6) is 2.60. The standard InChI is InChI=1S/C33H36N2O3/c1-19-12-25(36-7)13-20(2)31(19)23-10-11-27-28(16-23)35(6)33-29(34(27)5)17-24(18-30(33)38-9)32-21(3)14-26(37-8)15-22(32)4/h10-18H,1-9H3. The highest BCUT2D eigenvalue weighted by atomic mass is 16.5. The Morgan fingerprint density at radius 1 is 0.500 bits per heavy atom. The molecule has 0 fully saturated rings. The van der Waals surface area contributed by atoms with Gasteiger partial charge in [-0.15, -0.1) is 0 Å². The Balaban J connectivity index is 1.65. The minimum absolute atomic E-state index is 0.842. The maximum Gasteiger partial charge on any atom is 0.145 e. The van der Waals surface area contributed by atoms with Crippen molar-refractivity contribution in [1.82, 2.24) is 0 Å². The molecule has 5 nitrogen and oxygen atoms in total. The van der Waals surface area contributed by atoms with E-state index in [1.807, 2.05) is 0 Å². The molecule has 0 aliphatic carbocycles. The average Bonchev–Trinajstić information content (AvgIpc) is 2.90. The number of hydrogen-bond acceptors (Lipinski definition) is 5. The number of benzene rings is 4. The third kappa shape index (κ3) is 4.03. The molecule has 0 amide bonds. The van der Waals surface area contributed by atoms with Crippen LogP contribution in [0.15, 0.2) is 54.6 Å². The molecule has 5 rings (SSSR count). The predicted molar refractivity (Wildman–Crippen MR) is 158 cm³/mol. The molecule has 1 aliphatic heterocycles. The van der Waals surface area contributed by atoms with Crippen molar-refractivity contribution in [2.45, 2.75) is 27.7 Å². The van der Waals surface area contributed by atoms with E-state index in [2.05, 4.69) is 106 Å². The largest absolute Gasteiger partial charge is 0.497 e. The highest BCUT2D eigenvalue weighted by Gasteiger charge is 2.29. The molecular formula is C33H36N2O3. The fourth-order valence-electron chi connectivity index (χ4n) is 5.96. The van der Waals surface area contributed by atoms with E-state index in [0.717, 1.165) is 45.6 Å². The second-order valence-electron chi connectivity index (χ2n) is 10.1. The molecule has 0 radical (unpaired) electrons. The van der Waals surface area contributed by atoms with Crippen LogP contribution in [0.3, 0.4) is 0 Å². The molecule has 1 aliphatic rings. The number of rotatable bonds is 5. The number of anilines is 4. The van der Waals surface area contributed by atoms with Gasteiger partial charge in [0.1, 0.15) is 22.9 Å². The number of aryl methyl sites for hydroxylation is 4. The van der Waals surface area contributed by atoms with E-state index < -0.39 is 0 Å². The lowest BCUT2D eigenvalue weighted by molar-refractivity contribution is 0.414. The van der Waals surface area contributed by atoms with E-state index in [9.17, 15) is 0 Å². The summed E-state index contributed by atoms with van der Waals surface area (Å²) < 4.78 is 17.0. The molecule has 0 unspecified atom stereocenters. The van der Waals surface area contributed by atoms with Gasteiger partial charge in [-0.1, -0.05) is 6.07 Å². The Kier molecular flexibility index (Phi) is 6.47. The van der Waals surface area contributed by atoms with Crippen LogP contribution < -0.4 is 24.0 Å². The second-order valence-corrected chi connectivity index (χ2v) is 10.1. The zero-order valence-electron chi connectivity index (χ0n) is 23.8. The number of methoxy groups -OCH3 is 3. The first-order chi connectivity index (χ1) is 18.2. The summed E-state index contributed by atoms with van der Waals surface area (Å²) in [5.41, 5.74) is 13.9. The molecule has 4 aromatic carbocycles. The van der Waals surface area contributed by atoms with E-state index in [1.54, 1.807) is 21.3 Å². The Hall–Kier alpha value is -4.12. The summed E-state index contributed by atoms with van der Waals surface area (Å²) in [6.45, 7) is 8.55.